The molecule has 0 amide bonds. The van der Waals surface area contributed by atoms with Crippen LogP contribution in [0.1, 0.15) is 0 Å². The zero-order chi connectivity index (χ0) is 23.4. The van der Waals surface area contributed by atoms with Gasteiger partial charge in [-0.05, 0) is 66.2 Å². The number of fused-ring (bicyclic) bond motifs is 8. The Kier molecular flexibility index (Phi) is 4.21. The van der Waals surface area contributed by atoms with E-state index in [-0.39, 0.29) is 38.9 Å². The van der Waals surface area contributed by atoms with E-state index >= 15 is 0 Å². The second-order valence-corrected chi connectivity index (χ2v) is 8.11. The Labute approximate surface area is 190 Å². The summed E-state index contributed by atoms with van der Waals surface area (Å²) < 4.78 is 0. The van der Waals surface area contributed by atoms with Crippen LogP contribution in [0.15, 0.2) is 82.4 Å². The predicted octanol–water partition coefficient (Wildman–Crippen LogP) is 4.53. The van der Waals surface area contributed by atoms with E-state index in [1.807, 2.05) is 12.1 Å². The molecule has 0 saturated heterocycles. The number of hydrogen-bond acceptors (Lipinski definition) is 4. The summed E-state index contributed by atoms with van der Waals surface area (Å²) >= 11 is 0. The molecule has 6 N–H and O–H groups in total. The summed E-state index contributed by atoms with van der Waals surface area (Å²) in [4.78, 5) is 38.6. The lowest BCUT2D eigenvalue weighted by Gasteiger charge is -1.99. The van der Waals surface area contributed by atoms with Gasteiger partial charge in [-0.15, -0.1) is 0 Å². The Morgan fingerprint density at radius 3 is 1.97 bits per heavy atom. The van der Waals surface area contributed by atoms with Crippen molar-refractivity contribution < 1.29 is 10.2 Å². The summed E-state index contributed by atoms with van der Waals surface area (Å²) in [7, 11) is 0. The summed E-state index contributed by atoms with van der Waals surface area (Å²) in [6.45, 7) is 0. The zero-order valence-electron chi connectivity index (χ0n) is 17.6. The van der Waals surface area contributed by atoms with Gasteiger partial charge < -0.3 is 30.1 Å². The van der Waals surface area contributed by atoms with Gasteiger partial charge in [0, 0.05) is 16.6 Å². The number of aromatic nitrogens is 4. The molecule has 0 saturated carbocycles. The number of H-pyrrole nitrogens is 4. The van der Waals surface area contributed by atoms with E-state index in [9.17, 15) is 19.8 Å². The molecule has 6 rings (SSSR count). The standard InChI is InChI=1S/C26H18N4O4/c31-16-3-1-2-13(10-16)17-12-15-11-14-4-5-18(27-14)24(32)19-6-7-20(29-19)25(33)21-8-9-22(30-21)26(34)23(17)28-15/h1-12,27-32H. The highest BCUT2D eigenvalue weighted by Gasteiger charge is 2.10. The van der Waals surface area contributed by atoms with Crippen molar-refractivity contribution in [3.63, 3.8) is 0 Å². The first kappa shape index (κ1) is 19.7. The molecule has 8 bridgehead atoms. The highest BCUT2D eigenvalue weighted by Crippen LogP contribution is 2.28. The molecule has 0 atom stereocenters. The van der Waals surface area contributed by atoms with Crippen molar-refractivity contribution in [3.05, 3.63) is 93.2 Å². The molecule has 1 aromatic carbocycles. The lowest BCUT2D eigenvalue weighted by Crippen LogP contribution is -2.02. The fraction of sp³-hybridized carbons (Fsp3) is 0. The van der Waals surface area contributed by atoms with Crippen LogP contribution in [0, 0.1) is 0 Å². The third-order valence-electron chi connectivity index (χ3n) is 5.86. The number of benzene rings is 1. The van der Waals surface area contributed by atoms with Crippen LogP contribution in [0.5, 0.6) is 11.5 Å². The highest BCUT2D eigenvalue weighted by molar-refractivity contribution is 5.88. The maximum Gasteiger partial charge on any atom is 0.225 e. The Morgan fingerprint density at radius 2 is 1.21 bits per heavy atom. The SMILES string of the molecule is O=c1c2ccc([nH]2)c(O)c2ccc(cc3cc(-c4cccc(O)c4)c([nH]3)c(=O)c3ccc1[nH]3)[nH]2. The monoisotopic (exact) mass is 450 g/mol. The smallest absolute Gasteiger partial charge is 0.225 e. The second kappa shape index (κ2) is 7.28. The minimum absolute atomic E-state index is 0.0271. The first-order valence-electron chi connectivity index (χ1n) is 10.6. The molecule has 34 heavy (non-hydrogen) atoms. The summed E-state index contributed by atoms with van der Waals surface area (Å²) in [5.74, 6) is 0.0553. The molecule has 5 aromatic heterocycles. The lowest BCUT2D eigenvalue weighted by molar-refractivity contribution is 0.475. The van der Waals surface area contributed by atoms with Crippen molar-refractivity contribution in [2.75, 3.05) is 0 Å². The van der Waals surface area contributed by atoms with Gasteiger partial charge in [0.1, 0.15) is 5.75 Å². The minimum Gasteiger partial charge on any atom is -0.508 e. The van der Waals surface area contributed by atoms with Gasteiger partial charge in [-0.1, -0.05) is 12.1 Å². The molecule has 0 radical (unpaired) electrons. The number of hydrogen-bond donors (Lipinski definition) is 6. The number of nitrogens with one attached hydrogen (secondary N) is 4. The molecule has 0 aliphatic heterocycles. The van der Waals surface area contributed by atoms with Crippen LogP contribution < -0.4 is 10.9 Å². The van der Waals surface area contributed by atoms with E-state index in [1.165, 1.54) is 0 Å². The van der Waals surface area contributed by atoms with Crippen molar-refractivity contribution >= 4 is 44.1 Å². The Hall–Kier alpha value is -4.98. The molecule has 0 fully saturated rings. The first-order chi connectivity index (χ1) is 16.5. The summed E-state index contributed by atoms with van der Waals surface area (Å²) in [5, 5.41) is 20.7. The van der Waals surface area contributed by atoms with Crippen molar-refractivity contribution in [2.45, 2.75) is 0 Å². The van der Waals surface area contributed by atoms with E-state index in [1.54, 1.807) is 60.7 Å². The average molecular weight is 450 g/mol. The molecule has 8 nitrogen and oxygen atoms in total. The van der Waals surface area contributed by atoms with Crippen LogP contribution in [0.25, 0.3) is 55.3 Å². The molecule has 0 unspecified atom stereocenters. The third-order valence-corrected chi connectivity index (χ3v) is 5.86. The van der Waals surface area contributed by atoms with Crippen LogP contribution in [0.4, 0.5) is 0 Å². The predicted molar refractivity (Wildman–Crippen MR) is 133 cm³/mol. The molecular formula is C26H18N4O4. The molecule has 0 aliphatic carbocycles. The van der Waals surface area contributed by atoms with Gasteiger partial charge in [-0.2, -0.15) is 0 Å². The minimum atomic E-state index is -0.342. The maximum atomic E-state index is 13.5. The van der Waals surface area contributed by atoms with Crippen LogP contribution >= 0.6 is 0 Å². The van der Waals surface area contributed by atoms with Crippen LogP contribution in [0.2, 0.25) is 0 Å². The summed E-state index contributed by atoms with van der Waals surface area (Å²) in [6.07, 6.45) is 0. The molecule has 0 spiro atoms. The second-order valence-electron chi connectivity index (χ2n) is 8.11. The number of aromatic amines is 4. The summed E-state index contributed by atoms with van der Waals surface area (Å²) in [5.41, 5.74) is 3.87. The van der Waals surface area contributed by atoms with Crippen molar-refractivity contribution in [2.24, 2.45) is 0 Å². The lowest BCUT2D eigenvalue weighted by atomic mass is 10.1. The number of phenols is 1. The van der Waals surface area contributed by atoms with E-state index < -0.39 is 0 Å². The average Bonchev–Trinajstić information content (AvgIpc) is 3.64. The topological polar surface area (TPSA) is 138 Å². The first-order valence-corrected chi connectivity index (χ1v) is 10.6. The van der Waals surface area contributed by atoms with Gasteiger partial charge >= 0.3 is 0 Å². The maximum absolute atomic E-state index is 13.5. The van der Waals surface area contributed by atoms with Gasteiger partial charge in [0.15, 0.2) is 5.75 Å². The number of phenolic OH excluding ortho intramolecular Hbond substituents is 1. The van der Waals surface area contributed by atoms with E-state index in [4.69, 9.17) is 0 Å². The van der Waals surface area contributed by atoms with Crippen molar-refractivity contribution in [1.82, 2.24) is 19.9 Å². The van der Waals surface area contributed by atoms with Crippen LogP contribution in [-0.2, 0) is 0 Å². The quantitative estimate of drug-likeness (QED) is 0.219. The normalized spacial score (nSPS) is 11.4. The largest absolute Gasteiger partial charge is 0.508 e. The van der Waals surface area contributed by atoms with Crippen molar-refractivity contribution in [1.29, 1.82) is 0 Å². The van der Waals surface area contributed by atoms with Crippen LogP contribution in [-0.4, -0.2) is 30.1 Å². The summed E-state index contributed by atoms with van der Waals surface area (Å²) in [6, 6.07) is 20.1. The van der Waals surface area contributed by atoms with Gasteiger partial charge in [-0.3, -0.25) is 9.59 Å². The molecule has 8 heteroatoms. The van der Waals surface area contributed by atoms with E-state index in [0.717, 1.165) is 0 Å². The Balaban J connectivity index is 1.80. The molecule has 6 aromatic rings. The highest BCUT2D eigenvalue weighted by atomic mass is 16.3. The van der Waals surface area contributed by atoms with E-state index in [2.05, 4.69) is 19.9 Å². The van der Waals surface area contributed by atoms with Gasteiger partial charge in [0.2, 0.25) is 10.9 Å². The Morgan fingerprint density at radius 1 is 0.559 bits per heavy atom. The van der Waals surface area contributed by atoms with Gasteiger partial charge in [0.05, 0.1) is 33.1 Å². The van der Waals surface area contributed by atoms with E-state index in [0.29, 0.717) is 38.7 Å². The number of aromatic hydroxyl groups is 2. The molecule has 5 heterocycles. The molecule has 0 aliphatic rings. The van der Waals surface area contributed by atoms with Crippen LogP contribution in [0.3, 0.4) is 0 Å². The number of rotatable bonds is 1. The molecular weight excluding hydrogens is 432 g/mol. The fourth-order valence-electron chi connectivity index (χ4n) is 4.19. The van der Waals surface area contributed by atoms with Crippen molar-refractivity contribution in [3.8, 4) is 22.6 Å². The third kappa shape index (κ3) is 3.17. The van der Waals surface area contributed by atoms with Gasteiger partial charge in [-0.25, -0.2) is 0 Å². The zero-order valence-corrected chi connectivity index (χ0v) is 17.6. The van der Waals surface area contributed by atoms with Gasteiger partial charge in [0.25, 0.3) is 0 Å². The Bertz CT molecular complexity index is 1940. The fourth-order valence-corrected chi connectivity index (χ4v) is 4.19. The molecule has 166 valence electrons.